The van der Waals surface area contributed by atoms with E-state index < -0.39 is 12.6 Å². The van der Waals surface area contributed by atoms with Crippen LogP contribution in [0.25, 0.3) is 33.9 Å². The second-order valence-electron chi connectivity index (χ2n) is 10.4. The molecule has 5 heterocycles. The van der Waals surface area contributed by atoms with Crippen LogP contribution in [0.1, 0.15) is 34.5 Å². The summed E-state index contributed by atoms with van der Waals surface area (Å²) in [7, 11) is 1.93. The molecule has 0 unspecified atom stereocenters. The van der Waals surface area contributed by atoms with Gasteiger partial charge < -0.3 is 13.9 Å². The minimum atomic E-state index is -2.89. The van der Waals surface area contributed by atoms with Crippen molar-refractivity contribution in [2.24, 2.45) is 7.05 Å². The smallest absolute Gasteiger partial charge is 0.350 e. The van der Waals surface area contributed by atoms with Gasteiger partial charge in [-0.15, -0.1) is 10.2 Å². The summed E-state index contributed by atoms with van der Waals surface area (Å²) in [5.74, 6) is 1.15. The fourth-order valence-corrected chi connectivity index (χ4v) is 5.45. The summed E-state index contributed by atoms with van der Waals surface area (Å²) in [5, 5.41) is 11.4. The maximum absolute atomic E-state index is 13.5. The molecule has 1 aliphatic heterocycles. The Hall–Kier alpha value is -5.37. The van der Waals surface area contributed by atoms with E-state index in [1.165, 1.54) is 0 Å². The van der Waals surface area contributed by atoms with E-state index in [-0.39, 0.29) is 17.4 Å². The first-order valence-corrected chi connectivity index (χ1v) is 13.9. The second-order valence-corrected chi connectivity index (χ2v) is 10.4. The topological polar surface area (TPSA) is 124 Å². The maximum Gasteiger partial charge on any atom is 0.350 e. The Bertz CT molecular complexity index is 1930. The van der Waals surface area contributed by atoms with Gasteiger partial charge in [-0.2, -0.15) is 8.78 Å². The van der Waals surface area contributed by atoms with Crippen LogP contribution >= 0.6 is 0 Å². The molecule has 0 aliphatic carbocycles. The van der Waals surface area contributed by atoms with Gasteiger partial charge >= 0.3 is 6.55 Å². The lowest BCUT2D eigenvalue weighted by Crippen LogP contribution is -2.50. The van der Waals surface area contributed by atoms with Crippen molar-refractivity contribution in [3.63, 3.8) is 0 Å². The van der Waals surface area contributed by atoms with E-state index in [0.29, 0.717) is 53.5 Å². The van der Waals surface area contributed by atoms with Gasteiger partial charge in [0.05, 0.1) is 6.04 Å². The van der Waals surface area contributed by atoms with E-state index in [1.807, 2.05) is 66.3 Å². The number of oxazole rings is 1. The van der Waals surface area contributed by atoms with E-state index in [0.717, 1.165) is 17.0 Å². The summed E-state index contributed by atoms with van der Waals surface area (Å²) < 4.78 is 34.3. The van der Waals surface area contributed by atoms with Crippen LogP contribution in [0.4, 0.5) is 8.78 Å². The van der Waals surface area contributed by atoms with E-state index in [2.05, 4.69) is 35.3 Å². The standard InChI is InChI=1S/C30H26F2N10O2/c1-39-12-11-34-27(39)20-7-8-24-22(17-20)35-28(44-24)21-9-10-33-23(18-21)29(43)41-15-13-40(14-16-41)25(19-5-3-2-4-6-19)26-36-38-42(37-26)30(31)32/h2-12,17-18,25,30H,13-16H2,1H3/t25-/m1/s1. The van der Waals surface area contributed by atoms with Gasteiger partial charge in [0.25, 0.3) is 5.91 Å². The Labute approximate surface area is 249 Å². The van der Waals surface area contributed by atoms with Crippen LogP contribution in [0.15, 0.2) is 83.7 Å². The maximum atomic E-state index is 13.5. The summed E-state index contributed by atoms with van der Waals surface area (Å²) in [6.45, 7) is -1.15. The number of fused-ring (bicyclic) bond motifs is 1. The van der Waals surface area contributed by atoms with E-state index in [4.69, 9.17) is 4.42 Å². The highest BCUT2D eigenvalue weighted by molar-refractivity contribution is 5.93. The minimum absolute atomic E-state index is 0.177. The van der Waals surface area contributed by atoms with Gasteiger partial charge in [-0.1, -0.05) is 35.1 Å². The molecule has 14 heteroatoms. The highest BCUT2D eigenvalue weighted by atomic mass is 19.3. The van der Waals surface area contributed by atoms with Crippen molar-refractivity contribution in [1.82, 2.24) is 49.5 Å². The summed E-state index contributed by atoms with van der Waals surface area (Å²) in [4.78, 5) is 31.0. The number of pyridine rings is 1. The van der Waals surface area contributed by atoms with Crippen LogP contribution in [0.2, 0.25) is 0 Å². The van der Waals surface area contributed by atoms with E-state index >= 15 is 0 Å². The van der Waals surface area contributed by atoms with Gasteiger partial charge in [-0.05, 0) is 41.1 Å². The molecular formula is C30H26F2N10O2. The number of aryl methyl sites for hydroxylation is 1. The molecule has 7 rings (SSSR count). The molecule has 0 radical (unpaired) electrons. The van der Waals surface area contributed by atoms with E-state index in [1.54, 1.807) is 29.4 Å². The summed E-state index contributed by atoms with van der Waals surface area (Å²) >= 11 is 0. The van der Waals surface area contributed by atoms with Crippen LogP contribution in [0.5, 0.6) is 0 Å². The van der Waals surface area contributed by atoms with Gasteiger partial charge in [-0.3, -0.25) is 14.7 Å². The Kier molecular flexibility index (Phi) is 7.10. The number of tetrazole rings is 1. The highest BCUT2D eigenvalue weighted by Crippen LogP contribution is 2.30. The molecule has 44 heavy (non-hydrogen) atoms. The number of benzene rings is 2. The van der Waals surface area contributed by atoms with Crippen LogP contribution in [-0.2, 0) is 7.05 Å². The molecule has 6 aromatic rings. The first-order valence-electron chi connectivity index (χ1n) is 13.9. The monoisotopic (exact) mass is 596 g/mol. The molecule has 1 fully saturated rings. The lowest BCUT2D eigenvalue weighted by molar-refractivity contribution is 0.0385. The van der Waals surface area contributed by atoms with E-state index in [9.17, 15) is 13.6 Å². The zero-order chi connectivity index (χ0) is 30.2. The molecule has 0 bridgehead atoms. The number of rotatable bonds is 7. The average molecular weight is 597 g/mol. The molecule has 12 nitrogen and oxygen atoms in total. The summed E-state index contributed by atoms with van der Waals surface area (Å²) in [5.41, 5.74) is 3.97. The number of halogens is 2. The number of carbonyl (C=O) groups excluding carboxylic acids is 1. The molecular weight excluding hydrogens is 570 g/mol. The Balaban J connectivity index is 1.08. The van der Waals surface area contributed by atoms with Crippen molar-refractivity contribution in [2.75, 3.05) is 26.2 Å². The first kappa shape index (κ1) is 27.5. The summed E-state index contributed by atoms with van der Waals surface area (Å²) in [6.07, 6.45) is 5.19. The van der Waals surface area contributed by atoms with Gasteiger partial charge in [-0.25, -0.2) is 9.97 Å². The van der Waals surface area contributed by atoms with Crippen molar-refractivity contribution in [2.45, 2.75) is 12.6 Å². The van der Waals surface area contributed by atoms with Crippen LogP contribution in [-0.4, -0.2) is 81.6 Å². The third kappa shape index (κ3) is 5.19. The fraction of sp³-hybridized carbons (Fsp3) is 0.233. The number of aromatic nitrogens is 8. The molecule has 1 amide bonds. The Morgan fingerprint density at radius 2 is 1.75 bits per heavy atom. The Morgan fingerprint density at radius 1 is 0.932 bits per heavy atom. The zero-order valence-corrected chi connectivity index (χ0v) is 23.5. The number of carbonyl (C=O) groups is 1. The number of piperazine rings is 1. The summed E-state index contributed by atoms with van der Waals surface area (Å²) in [6, 6.07) is 18.1. The molecule has 1 saturated heterocycles. The molecule has 0 N–H and O–H groups in total. The molecule has 1 aliphatic rings. The van der Waals surface area contributed by atoms with Gasteiger partial charge in [0.2, 0.25) is 5.89 Å². The third-order valence-electron chi connectivity index (χ3n) is 7.64. The van der Waals surface area contributed by atoms with Crippen LogP contribution in [0.3, 0.4) is 0 Å². The molecule has 2 aromatic carbocycles. The number of imidazole rings is 1. The van der Waals surface area contributed by atoms with Crippen LogP contribution < -0.4 is 0 Å². The van der Waals surface area contributed by atoms with Gasteiger partial charge in [0, 0.05) is 62.9 Å². The largest absolute Gasteiger partial charge is 0.436 e. The highest BCUT2D eigenvalue weighted by Gasteiger charge is 2.32. The lowest BCUT2D eigenvalue weighted by atomic mass is 10.0. The third-order valence-corrected chi connectivity index (χ3v) is 7.64. The molecule has 4 aromatic heterocycles. The van der Waals surface area contributed by atoms with Crippen molar-refractivity contribution >= 4 is 17.0 Å². The lowest BCUT2D eigenvalue weighted by Gasteiger charge is -2.38. The Morgan fingerprint density at radius 3 is 2.48 bits per heavy atom. The van der Waals surface area contributed by atoms with Crippen molar-refractivity contribution in [3.8, 4) is 22.8 Å². The van der Waals surface area contributed by atoms with Gasteiger partial charge in [0.1, 0.15) is 17.0 Å². The second kappa shape index (κ2) is 11.4. The van der Waals surface area contributed by atoms with Crippen LogP contribution in [0, 0.1) is 0 Å². The number of hydrogen-bond acceptors (Lipinski definition) is 9. The van der Waals surface area contributed by atoms with Crippen molar-refractivity contribution in [1.29, 1.82) is 0 Å². The quantitative estimate of drug-likeness (QED) is 0.266. The molecule has 0 saturated carbocycles. The number of amides is 1. The fourth-order valence-electron chi connectivity index (χ4n) is 5.45. The minimum Gasteiger partial charge on any atom is -0.436 e. The molecule has 222 valence electrons. The average Bonchev–Trinajstić information content (AvgIpc) is 3.82. The van der Waals surface area contributed by atoms with Gasteiger partial charge in [0.15, 0.2) is 11.4 Å². The molecule has 1 atom stereocenters. The van der Waals surface area contributed by atoms with Crippen molar-refractivity contribution in [3.05, 3.63) is 96.3 Å². The first-order chi connectivity index (χ1) is 21.4. The number of alkyl halides is 2. The SMILES string of the molecule is Cn1ccnc1-c1ccc2oc(-c3ccnc(C(=O)N4CCN([C@H](c5ccccc5)c5nnn(C(F)F)n5)CC4)c3)nc2c1. The predicted octanol–water partition coefficient (Wildman–Crippen LogP) is 4.22. The normalized spacial score (nSPS) is 14.9. The number of nitrogens with zero attached hydrogens (tertiary/aromatic N) is 10. The number of hydrogen-bond donors (Lipinski definition) is 0. The predicted molar refractivity (Wildman–Crippen MR) is 154 cm³/mol. The zero-order valence-electron chi connectivity index (χ0n) is 23.5. The molecule has 0 spiro atoms. The van der Waals surface area contributed by atoms with Crippen molar-refractivity contribution < 1.29 is 18.0 Å².